The summed E-state index contributed by atoms with van der Waals surface area (Å²) >= 11 is 0. The maximum atomic E-state index is 13.7. The van der Waals surface area contributed by atoms with Crippen LogP contribution in [0.2, 0.25) is 0 Å². The number of pyridine rings is 1. The van der Waals surface area contributed by atoms with Crippen molar-refractivity contribution < 1.29 is 13.2 Å². The number of anilines is 3. The zero-order chi connectivity index (χ0) is 16.9. The van der Waals surface area contributed by atoms with Crippen molar-refractivity contribution in [3.05, 3.63) is 72.1 Å². The number of rotatable bonds is 5. The van der Waals surface area contributed by atoms with Gasteiger partial charge >= 0.3 is 0 Å². The number of nitrogens with one attached hydrogen (secondary N) is 2. The lowest BCUT2D eigenvalue weighted by molar-refractivity contribution is 0.449. The second kappa shape index (κ2) is 6.95. The molecule has 3 aromatic rings. The lowest BCUT2D eigenvalue weighted by Crippen LogP contribution is -2.05. The van der Waals surface area contributed by atoms with E-state index in [2.05, 4.69) is 25.6 Å². The maximum Gasteiger partial charge on any atom is 0.196 e. The molecular weight excluding hydrogens is 319 g/mol. The van der Waals surface area contributed by atoms with Gasteiger partial charge in [0.25, 0.3) is 0 Å². The van der Waals surface area contributed by atoms with E-state index in [0.29, 0.717) is 12.4 Å². The Kier molecular flexibility index (Phi) is 4.55. The normalized spacial score (nSPS) is 10.5. The average molecular weight is 331 g/mol. The minimum atomic E-state index is -1.54. The molecule has 0 aliphatic heterocycles. The summed E-state index contributed by atoms with van der Waals surface area (Å²) in [4.78, 5) is 12.1. The summed E-state index contributed by atoms with van der Waals surface area (Å²) in [7, 11) is 0. The molecule has 0 saturated heterocycles. The van der Waals surface area contributed by atoms with Crippen LogP contribution in [0, 0.1) is 17.5 Å². The van der Waals surface area contributed by atoms with Gasteiger partial charge in [-0.05, 0) is 24.3 Å². The highest BCUT2D eigenvalue weighted by Gasteiger charge is 2.13. The predicted octanol–water partition coefficient (Wildman–Crippen LogP) is 3.64. The Hall–Kier alpha value is -3.16. The summed E-state index contributed by atoms with van der Waals surface area (Å²) in [5.41, 5.74) is 0.598. The second-order valence-electron chi connectivity index (χ2n) is 4.81. The van der Waals surface area contributed by atoms with E-state index in [4.69, 9.17) is 0 Å². The lowest BCUT2D eigenvalue weighted by Gasteiger charge is -2.09. The van der Waals surface area contributed by atoms with Gasteiger partial charge in [0.15, 0.2) is 17.5 Å². The zero-order valence-corrected chi connectivity index (χ0v) is 12.3. The van der Waals surface area contributed by atoms with Gasteiger partial charge in [0.2, 0.25) is 0 Å². The van der Waals surface area contributed by atoms with Gasteiger partial charge < -0.3 is 10.6 Å². The van der Waals surface area contributed by atoms with Crippen LogP contribution in [0.4, 0.5) is 30.5 Å². The van der Waals surface area contributed by atoms with Crippen LogP contribution in [0.5, 0.6) is 0 Å². The third kappa shape index (κ3) is 3.60. The summed E-state index contributed by atoms with van der Waals surface area (Å²) in [6.07, 6.45) is 2.94. The van der Waals surface area contributed by atoms with Gasteiger partial charge in [-0.15, -0.1) is 0 Å². The van der Waals surface area contributed by atoms with Crippen LogP contribution in [0.3, 0.4) is 0 Å². The maximum absolute atomic E-state index is 13.7. The van der Waals surface area contributed by atoms with E-state index in [1.165, 1.54) is 12.4 Å². The Labute approximate surface area is 135 Å². The summed E-state index contributed by atoms with van der Waals surface area (Å²) < 4.78 is 39.9. The Morgan fingerprint density at radius 2 is 1.71 bits per heavy atom. The molecule has 0 amide bonds. The molecule has 122 valence electrons. The van der Waals surface area contributed by atoms with E-state index >= 15 is 0 Å². The first-order chi connectivity index (χ1) is 11.6. The van der Waals surface area contributed by atoms with Crippen molar-refractivity contribution in [2.75, 3.05) is 10.6 Å². The molecule has 24 heavy (non-hydrogen) atoms. The van der Waals surface area contributed by atoms with Crippen molar-refractivity contribution in [3.63, 3.8) is 0 Å². The number of hydrogen-bond donors (Lipinski definition) is 2. The van der Waals surface area contributed by atoms with Crippen LogP contribution in [0.15, 0.2) is 48.9 Å². The Morgan fingerprint density at radius 3 is 2.50 bits per heavy atom. The van der Waals surface area contributed by atoms with E-state index in [-0.39, 0.29) is 11.5 Å². The Morgan fingerprint density at radius 1 is 0.875 bits per heavy atom. The fourth-order valence-corrected chi connectivity index (χ4v) is 1.97. The Balaban J connectivity index is 1.73. The van der Waals surface area contributed by atoms with E-state index in [0.717, 1.165) is 17.8 Å². The molecule has 0 fully saturated rings. The molecule has 2 N–H and O–H groups in total. The van der Waals surface area contributed by atoms with Crippen LogP contribution in [0.1, 0.15) is 5.69 Å². The molecule has 0 atom stereocenters. The van der Waals surface area contributed by atoms with Crippen molar-refractivity contribution >= 4 is 17.3 Å². The molecule has 3 rings (SSSR count). The minimum Gasteiger partial charge on any atom is -0.364 e. The van der Waals surface area contributed by atoms with Gasteiger partial charge in [-0.1, -0.05) is 6.07 Å². The van der Waals surface area contributed by atoms with E-state index in [1.807, 2.05) is 18.2 Å². The first kappa shape index (κ1) is 15.7. The average Bonchev–Trinajstić information content (AvgIpc) is 2.62. The Bertz CT molecular complexity index is 842. The van der Waals surface area contributed by atoms with Crippen molar-refractivity contribution in [3.8, 4) is 0 Å². The van der Waals surface area contributed by atoms with Crippen molar-refractivity contribution in [1.82, 2.24) is 15.0 Å². The quantitative estimate of drug-likeness (QED) is 0.699. The molecule has 2 heterocycles. The SMILES string of the molecule is Fc1ccc(Nc2cc(NCc3ccccn3)ncn2)c(F)c1F. The number of nitrogens with zero attached hydrogens (tertiary/aromatic N) is 3. The van der Waals surface area contributed by atoms with Crippen molar-refractivity contribution in [2.24, 2.45) is 0 Å². The summed E-state index contributed by atoms with van der Waals surface area (Å²) in [6, 6.07) is 8.97. The number of aromatic nitrogens is 3. The topological polar surface area (TPSA) is 62.7 Å². The fourth-order valence-electron chi connectivity index (χ4n) is 1.97. The monoisotopic (exact) mass is 331 g/mol. The third-order valence-electron chi connectivity index (χ3n) is 3.14. The molecule has 0 aliphatic rings. The zero-order valence-electron chi connectivity index (χ0n) is 12.3. The van der Waals surface area contributed by atoms with Crippen molar-refractivity contribution in [1.29, 1.82) is 0 Å². The molecule has 0 radical (unpaired) electrons. The molecule has 1 aromatic carbocycles. The first-order valence-electron chi connectivity index (χ1n) is 7.00. The minimum absolute atomic E-state index is 0.219. The van der Waals surface area contributed by atoms with Gasteiger partial charge in [0.1, 0.15) is 18.0 Å². The molecule has 0 aliphatic carbocycles. The van der Waals surface area contributed by atoms with Gasteiger partial charge in [-0.2, -0.15) is 0 Å². The molecular formula is C16H12F3N5. The van der Waals surface area contributed by atoms with Crippen LogP contribution < -0.4 is 10.6 Å². The third-order valence-corrected chi connectivity index (χ3v) is 3.14. The molecule has 8 heteroatoms. The summed E-state index contributed by atoms with van der Waals surface area (Å²) in [5.74, 6) is -3.39. The van der Waals surface area contributed by atoms with Gasteiger partial charge in [-0.25, -0.2) is 23.1 Å². The number of hydrogen-bond acceptors (Lipinski definition) is 5. The van der Waals surface area contributed by atoms with Crippen LogP contribution in [-0.2, 0) is 6.54 Å². The smallest absolute Gasteiger partial charge is 0.196 e. The highest BCUT2D eigenvalue weighted by atomic mass is 19.2. The molecule has 2 aromatic heterocycles. The van der Waals surface area contributed by atoms with E-state index < -0.39 is 17.5 Å². The van der Waals surface area contributed by atoms with E-state index in [9.17, 15) is 13.2 Å². The summed E-state index contributed by atoms with van der Waals surface area (Å²) in [5, 5.41) is 5.63. The summed E-state index contributed by atoms with van der Waals surface area (Å²) in [6.45, 7) is 0.441. The predicted molar refractivity (Wildman–Crippen MR) is 83.2 cm³/mol. The molecule has 0 spiro atoms. The van der Waals surface area contributed by atoms with E-state index in [1.54, 1.807) is 6.20 Å². The first-order valence-corrected chi connectivity index (χ1v) is 7.00. The molecule has 5 nitrogen and oxygen atoms in total. The number of benzene rings is 1. The standard InChI is InChI=1S/C16H12F3N5/c17-11-4-5-12(16(19)15(11)18)24-14-7-13(22-9-23-14)21-8-10-3-1-2-6-20-10/h1-7,9H,8H2,(H2,21,22,23,24). The van der Waals surface area contributed by atoms with Gasteiger partial charge in [0.05, 0.1) is 17.9 Å². The fraction of sp³-hybridized carbons (Fsp3) is 0.0625. The molecule has 0 bridgehead atoms. The van der Waals surface area contributed by atoms with Crippen LogP contribution >= 0.6 is 0 Å². The van der Waals surface area contributed by atoms with Gasteiger partial charge in [-0.3, -0.25) is 4.98 Å². The second-order valence-corrected chi connectivity index (χ2v) is 4.81. The highest BCUT2D eigenvalue weighted by Crippen LogP contribution is 2.23. The van der Waals surface area contributed by atoms with Crippen molar-refractivity contribution in [2.45, 2.75) is 6.54 Å². The largest absolute Gasteiger partial charge is 0.364 e. The molecule has 0 unspecified atom stereocenters. The van der Waals surface area contributed by atoms with Crippen LogP contribution in [-0.4, -0.2) is 15.0 Å². The van der Waals surface area contributed by atoms with Crippen LogP contribution in [0.25, 0.3) is 0 Å². The highest BCUT2D eigenvalue weighted by molar-refractivity contribution is 5.59. The molecule has 0 saturated carbocycles. The lowest BCUT2D eigenvalue weighted by atomic mass is 10.2. The van der Waals surface area contributed by atoms with Gasteiger partial charge in [0, 0.05) is 12.3 Å². The number of halogens is 3.